The molecule has 0 radical (unpaired) electrons. The molecule has 2 rings (SSSR count). The number of aromatic nitrogens is 2. The number of nitrogens with one attached hydrogen (secondary N) is 1. The van der Waals surface area contributed by atoms with Crippen LogP contribution in [0.4, 0.5) is 5.82 Å². The average Bonchev–Trinajstić information content (AvgIpc) is 2.64. The molecule has 1 aromatic rings. The Bertz CT molecular complexity index is 345. The van der Waals surface area contributed by atoms with Gasteiger partial charge in [-0.2, -0.15) is 5.10 Å². The van der Waals surface area contributed by atoms with Crippen molar-refractivity contribution in [3.8, 4) is 0 Å². The maximum Gasteiger partial charge on any atom is 0.126 e. The van der Waals surface area contributed by atoms with Crippen molar-refractivity contribution in [1.82, 2.24) is 15.2 Å². The molecule has 0 spiro atoms. The predicted octanol–water partition coefficient (Wildman–Crippen LogP) is -0.0667. The van der Waals surface area contributed by atoms with Crippen LogP contribution in [0.5, 0.6) is 0 Å². The Kier molecular flexibility index (Phi) is 3.42. The zero-order valence-electron chi connectivity index (χ0n) is 9.52. The Hall–Kier alpha value is -1.11. The fraction of sp³-hybridized carbons (Fsp3) is 0.700. The summed E-state index contributed by atoms with van der Waals surface area (Å²) in [5.41, 5.74) is 9.74. The number of rotatable bonds is 3. The highest BCUT2D eigenvalue weighted by molar-refractivity contribution is 5.41. The van der Waals surface area contributed by atoms with Crippen LogP contribution in [0.15, 0.2) is 6.20 Å². The second-order valence-corrected chi connectivity index (χ2v) is 4.23. The molecule has 1 aliphatic rings. The molecule has 0 aromatic carbocycles. The van der Waals surface area contributed by atoms with E-state index in [1.807, 2.05) is 7.05 Å². The van der Waals surface area contributed by atoms with E-state index in [9.17, 15) is 0 Å². The topological polar surface area (TPSA) is 91.1 Å². The van der Waals surface area contributed by atoms with E-state index in [0.717, 1.165) is 31.6 Å². The van der Waals surface area contributed by atoms with E-state index in [0.29, 0.717) is 11.7 Å². The van der Waals surface area contributed by atoms with E-state index >= 15 is 0 Å². The van der Waals surface area contributed by atoms with Gasteiger partial charge in [0, 0.05) is 25.1 Å². The Balaban J connectivity index is 2.18. The number of hydrogen-bond acceptors (Lipinski definition) is 5. The normalized spacial score (nSPS) is 23.2. The molecule has 1 saturated heterocycles. The third-order valence-electron chi connectivity index (χ3n) is 3.20. The van der Waals surface area contributed by atoms with Gasteiger partial charge in [-0.05, 0) is 12.8 Å². The van der Waals surface area contributed by atoms with Crippen LogP contribution in [0.2, 0.25) is 0 Å². The highest BCUT2D eigenvalue weighted by atomic mass is 16.5. The summed E-state index contributed by atoms with van der Waals surface area (Å²) < 4.78 is 7.13. The second kappa shape index (κ2) is 4.82. The first-order valence-corrected chi connectivity index (χ1v) is 5.55. The summed E-state index contributed by atoms with van der Waals surface area (Å²) >= 11 is 0. The summed E-state index contributed by atoms with van der Waals surface area (Å²) in [6.07, 6.45) is 3.95. The van der Waals surface area contributed by atoms with Gasteiger partial charge in [-0.15, -0.1) is 0 Å². The fourth-order valence-corrected chi connectivity index (χ4v) is 2.21. The third kappa shape index (κ3) is 2.04. The molecule has 1 aliphatic heterocycles. The van der Waals surface area contributed by atoms with Crippen molar-refractivity contribution in [2.45, 2.75) is 18.9 Å². The van der Waals surface area contributed by atoms with Crippen molar-refractivity contribution in [3.63, 3.8) is 0 Å². The van der Waals surface area contributed by atoms with E-state index in [1.165, 1.54) is 0 Å². The summed E-state index contributed by atoms with van der Waals surface area (Å²) in [7, 11) is 1.82. The standard InChI is InChI=1S/C10H19N5O/c1-15-10(11)8(5-13-15)9(14-12)7-3-2-4-16-6-7/h5,7,9,14H,2-4,6,11-12H2,1H3. The summed E-state index contributed by atoms with van der Waals surface area (Å²) in [6.45, 7) is 1.57. The zero-order chi connectivity index (χ0) is 11.5. The van der Waals surface area contributed by atoms with Gasteiger partial charge in [0.1, 0.15) is 5.82 Å². The molecular weight excluding hydrogens is 206 g/mol. The molecule has 2 unspecified atom stereocenters. The fourth-order valence-electron chi connectivity index (χ4n) is 2.21. The number of anilines is 1. The SMILES string of the molecule is Cn1ncc(C(NN)C2CCCOC2)c1N. The van der Waals surface area contributed by atoms with Crippen LogP contribution in [-0.4, -0.2) is 23.0 Å². The van der Waals surface area contributed by atoms with Crippen molar-refractivity contribution in [2.24, 2.45) is 18.8 Å². The monoisotopic (exact) mass is 225 g/mol. The van der Waals surface area contributed by atoms with E-state index < -0.39 is 0 Å². The van der Waals surface area contributed by atoms with E-state index in [-0.39, 0.29) is 6.04 Å². The van der Waals surface area contributed by atoms with Crippen molar-refractivity contribution in [2.75, 3.05) is 18.9 Å². The van der Waals surface area contributed by atoms with Gasteiger partial charge in [-0.1, -0.05) is 0 Å². The maximum atomic E-state index is 5.95. The molecule has 90 valence electrons. The van der Waals surface area contributed by atoms with Gasteiger partial charge < -0.3 is 10.5 Å². The van der Waals surface area contributed by atoms with Gasteiger partial charge >= 0.3 is 0 Å². The van der Waals surface area contributed by atoms with Gasteiger partial charge in [0.15, 0.2) is 0 Å². The van der Waals surface area contributed by atoms with Crippen LogP contribution >= 0.6 is 0 Å². The molecule has 0 aliphatic carbocycles. The largest absolute Gasteiger partial charge is 0.384 e. The number of nitrogen functional groups attached to an aromatic ring is 1. The van der Waals surface area contributed by atoms with Crippen LogP contribution in [0.1, 0.15) is 24.4 Å². The third-order valence-corrected chi connectivity index (χ3v) is 3.20. The average molecular weight is 225 g/mol. The number of ether oxygens (including phenoxy) is 1. The van der Waals surface area contributed by atoms with Crippen molar-refractivity contribution < 1.29 is 4.74 Å². The first kappa shape index (κ1) is 11.4. The van der Waals surface area contributed by atoms with Gasteiger partial charge in [0.2, 0.25) is 0 Å². The van der Waals surface area contributed by atoms with Gasteiger partial charge in [-0.3, -0.25) is 16.0 Å². The Morgan fingerprint density at radius 1 is 1.69 bits per heavy atom. The number of nitrogens with zero attached hydrogens (tertiary/aromatic N) is 2. The predicted molar refractivity (Wildman–Crippen MR) is 61.2 cm³/mol. The second-order valence-electron chi connectivity index (χ2n) is 4.23. The van der Waals surface area contributed by atoms with E-state index in [2.05, 4.69) is 10.5 Å². The maximum absolute atomic E-state index is 5.95. The highest BCUT2D eigenvalue weighted by Crippen LogP contribution is 2.30. The first-order chi connectivity index (χ1) is 7.74. The molecule has 2 atom stereocenters. The minimum atomic E-state index is 0.0222. The summed E-state index contributed by atoms with van der Waals surface area (Å²) in [5, 5.41) is 4.14. The van der Waals surface area contributed by atoms with Crippen LogP contribution in [0.3, 0.4) is 0 Å². The van der Waals surface area contributed by atoms with Crippen LogP contribution in [0.25, 0.3) is 0 Å². The highest BCUT2D eigenvalue weighted by Gasteiger charge is 2.27. The van der Waals surface area contributed by atoms with Gasteiger partial charge in [0.05, 0.1) is 18.8 Å². The van der Waals surface area contributed by atoms with Crippen molar-refractivity contribution in [3.05, 3.63) is 11.8 Å². The lowest BCUT2D eigenvalue weighted by atomic mass is 9.90. The number of nitrogens with two attached hydrogens (primary N) is 2. The number of aryl methyl sites for hydroxylation is 1. The first-order valence-electron chi connectivity index (χ1n) is 5.55. The minimum absolute atomic E-state index is 0.0222. The molecule has 2 heterocycles. The summed E-state index contributed by atoms with van der Waals surface area (Å²) in [5.74, 6) is 6.64. The lowest BCUT2D eigenvalue weighted by molar-refractivity contribution is 0.0391. The Morgan fingerprint density at radius 2 is 2.50 bits per heavy atom. The number of hydrazine groups is 1. The van der Waals surface area contributed by atoms with Crippen molar-refractivity contribution >= 4 is 5.82 Å². The van der Waals surface area contributed by atoms with E-state index in [4.69, 9.17) is 16.3 Å². The quantitative estimate of drug-likeness (QED) is 0.495. The van der Waals surface area contributed by atoms with Crippen LogP contribution < -0.4 is 17.0 Å². The molecule has 5 N–H and O–H groups in total. The molecule has 1 fully saturated rings. The van der Waals surface area contributed by atoms with Gasteiger partial charge in [-0.25, -0.2) is 0 Å². The summed E-state index contributed by atoms with van der Waals surface area (Å²) in [6, 6.07) is 0.0222. The van der Waals surface area contributed by atoms with E-state index in [1.54, 1.807) is 10.9 Å². The van der Waals surface area contributed by atoms with Gasteiger partial charge in [0.25, 0.3) is 0 Å². The molecule has 0 saturated carbocycles. The summed E-state index contributed by atoms with van der Waals surface area (Å²) in [4.78, 5) is 0. The van der Waals surface area contributed by atoms with Crippen LogP contribution in [0, 0.1) is 5.92 Å². The van der Waals surface area contributed by atoms with Crippen LogP contribution in [-0.2, 0) is 11.8 Å². The lowest BCUT2D eigenvalue weighted by Gasteiger charge is -2.29. The lowest BCUT2D eigenvalue weighted by Crippen LogP contribution is -2.37. The minimum Gasteiger partial charge on any atom is -0.384 e. The number of hydrogen-bond donors (Lipinski definition) is 3. The smallest absolute Gasteiger partial charge is 0.126 e. The zero-order valence-corrected chi connectivity index (χ0v) is 9.52. The Labute approximate surface area is 94.9 Å². The molecule has 0 amide bonds. The molecule has 6 heteroatoms. The molecule has 16 heavy (non-hydrogen) atoms. The molecular formula is C10H19N5O. The Morgan fingerprint density at radius 3 is 3.00 bits per heavy atom. The van der Waals surface area contributed by atoms with Crippen molar-refractivity contribution in [1.29, 1.82) is 0 Å². The molecule has 0 bridgehead atoms. The molecule has 6 nitrogen and oxygen atoms in total. The molecule has 1 aromatic heterocycles.